The van der Waals surface area contributed by atoms with Gasteiger partial charge in [0.2, 0.25) is 0 Å². The maximum atomic E-state index is 12.4. The van der Waals surface area contributed by atoms with Crippen molar-refractivity contribution in [3.8, 4) is 5.75 Å². The SMILES string of the molecule is O=S(=O)(Oc1ccccc1)c1cccc2ccccc12.[NaH]. The molecule has 0 unspecified atom stereocenters. The molecule has 5 heteroatoms. The van der Waals surface area contributed by atoms with Crippen LogP contribution in [0, 0.1) is 0 Å². The van der Waals surface area contributed by atoms with E-state index in [1.165, 1.54) is 0 Å². The Hall–Kier alpha value is -1.33. The molecule has 0 N–H and O–H groups in total. The molecule has 0 amide bonds. The van der Waals surface area contributed by atoms with E-state index in [1.54, 1.807) is 48.5 Å². The maximum absolute atomic E-state index is 12.4. The Morgan fingerprint density at radius 2 is 1.33 bits per heavy atom. The Labute approximate surface area is 146 Å². The first-order chi connectivity index (χ1) is 9.67. The standard InChI is InChI=1S/C16H12O3S.Na.H/c17-20(18,19-14-9-2-1-3-10-14)16-12-6-8-13-7-4-5-11-15(13)16;;/h1-12H;;. The number of rotatable bonds is 3. The average Bonchev–Trinajstić information content (AvgIpc) is 2.47. The summed E-state index contributed by atoms with van der Waals surface area (Å²) in [4.78, 5) is 0.180. The predicted molar refractivity (Wildman–Crippen MR) is 85.4 cm³/mol. The van der Waals surface area contributed by atoms with Gasteiger partial charge in [0.15, 0.2) is 0 Å². The van der Waals surface area contributed by atoms with Crippen LogP contribution in [0.5, 0.6) is 5.75 Å². The molecule has 102 valence electrons. The molecule has 0 bridgehead atoms. The first kappa shape index (κ1) is 16.0. The normalized spacial score (nSPS) is 10.9. The van der Waals surface area contributed by atoms with Crippen LogP contribution in [0.1, 0.15) is 0 Å². The van der Waals surface area contributed by atoms with Gasteiger partial charge in [-0.05, 0) is 23.6 Å². The summed E-state index contributed by atoms with van der Waals surface area (Å²) in [6, 6.07) is 21.0. The molecule has 0 heterocycles. The first-order valence-electron chi connectivity index (χ1n) is 6.14. The third-order valence-corrected chi connectivity index (χ3v) is 4.27. The van der Waals surface area contributed by atoms with Gasteiger partial charge in [0, 0.05) is 5.39 Å². The van der Waals surface area contributed by atoms with Crippen LogP contribution >= 0.6 is 0 Å². The van der Waals surface area contributed by atoms with Crippen molar-refractivity contribution in [2.75, 3.05) is 0 Å². The quantitative estimate of drug-likeness (QED) is 0.552. The fraction of sp³-hybridized carbons (Fsp3) is 0. The fourth-order valence-electron chi connectivity index (χ4n) is 2.06. The van der Waals surface area contributed by atoms with Gasteiger partial charge in [-0.2, -0.15) is 8.42 Å². The number of benzene rings is 3. The van der Waals surface area contributed by atoms with E-state index in [0.717, 1.165) is 5.39 Å². The molecule has 0 aliphatic heterocycles. The van der Waals surface area contributed by atoms with Gasteiger partial charge in [0.25, 0.3) is 0 Å². The predicted octanol–water partition coefficient (Wildman–Crippen LogP) is 2.96. The van der Waals surface area contributed by atoms with Crippen LogP contribution in [0.4, 0.5) is 0 Å². The van der Waals surface area contributed by atoms with Crippen molar-refractivity contribution in [1.29, 1.82) is 0 Å². The second-order valence-corrected chi connectivity index (χ2v) is 5.84. The zero-order valence-electron chi connectivity index (χ0n) is 10.6. The Morgan fingerprint density at radius 1 is 0.714 bits per heavy atom. The molecular weight excluding hydrogens is 295 g/mol. The van der Waals surface area contributed by atoms with Crippen molar-refractivity contribution in [3.05, 3.63) is 72.8 Å². The number of fused-ring (bicyclic) bond motifs is 1. The van der Waals surface area contributed by atoms with Crippen molar-refractivity contribution in [2.45, 2.75) is 4.90 Å². The topological polar surface area (TPSA) is 43.4 Å². The zero-order valence-corrected chi connectivity index (χ0v) is 11.4. The van der Waals surface area contributed by atoms with Gasteiger partial charge in [-0.1, -0.05) is 54.6 Å². The van der Waals surface area contributed by atoms with Gasteiger partial charge < -0.3 is 4.18 Å². The zero-order chi connectivity index (χ0) is 14.0. The van der Waals surface area contributed by atoms with Gasteiger partial charge in [-0.15, -0.1) is 0 Å². The molecule has 0 radical (unpaired) electrons. The van der Waals surface area contributed by atoms with E-state index in [9.17, 15) is 8.42 Å². The minimum absolute atomic E-state index is 0. The number of hydrogen-bond donors (Lipinski definition) is 0. The summed E-state index contributed by atoms with van der Waals surface area (Å²) >= 11 is 0. The number of hydrogen-bond acceptors (Lipinski definition) is 3. The average molecular weight is 308 g/mol. The van der Waals surface area contributed by atoms with Gasteiger partial charge in [0.05, 0.1) is 0 Å². The van der Waals surface area contributed by atoms with E-state index in [1.807, 2.05) is 24.3 Å². The molecule has 0 spiro atoms. The second kappa shape index (κ2) is 6.62. The van der Waals surface area contributed by atoms with Crippen molar-refractivity contribution >= 4 is 50.4 Å². The van der Waals surface area contributed by atoms with Crippen LogP contribution in [0.25, 0.3) is 10.8 Å². The van der Waals surface area contributed by atoms with Gasteiger partial charge in [0.1, 0.15) is 10.6 Å². The molecule has 21 heavy (non-hydrogen) atoms. The minimum atomic E-state index is -3.84. The van der Waals surface area contributed by atoms with Crippen LogP contribution in [-0.4, -0.2) is 38.0 Å². The molecule has 3 aromatic carbocycles. The molecule has 3 aromatic rings. The molecule has 0 aliphatic rings. The van der Waals surface area contributed by atoms with Gasteiger partial charge >= 0.3 is 39.7 Å². The van der Waals surface area contributed by atoms with Crippen molar-refractivity contribution in [3.63, 3.8) is 0 Å². The third kappa shape index (κ3) is 3.47. The van der Waals surface area contributed by atoms with E-state index in [-0.39, 0.29) is 34.5 Å². The van der Waals surface area contributed by atoms with Crippen molar-refractivity contribution in [2.24, 2.45) is 0 Å². The van der Waals surface area contributed by atoms with Gasteiger partial charge in [-0.25, -0.2) is 0 Å². The molecule has 0 saturated carbocycles. The van der Waals surface area contributed by atoms with E-state index >= 15 is 0 Å². The molecule has 3 rings (SSSR count). The fourth-order valence-corrected chi connectivity index (χ4v) is 3.22. The first-order valence-corrected chi connectivity index (χ1v) is 7.55. The van der Waals surface area contributed by atoms with Crippen LogP contribution in [0.2, 0.25) is 0 Å². The summed E-state index contributed by atoms with van der Waals surface area (Å²) in [6.07, 6.45) is 0. The summed E-state index contributed by atoms with van der Waals surface area (Å²) in [5.41, 5.74) is 0. The van der Waals surface area contributed by atoms with E-state index < -0.39 is 10.1 Å². The Bertz CT molecular complexity index is 840. The van der Waals surface area contributed by atoms with Crippen LogP contribution in [0.3, 0.4) is 0 Å². The Kier molecular flexibility index (Phi) is 5.06. The van der Waals surface area contributed by atoms with E-state index in [4.69, 9.17) is 4.18 Å². The van der Waals surface area contributed by atoms with Crippen LogP contribution in [0.15, 0.2) is 77.7 Å². The molecule has 0 saturated heterocycles. The summed E-state index contributed by atoms with van der Waals surface area (Å²) in [6.45, 7) is 0. The molecule has 0 fully saturated rings. The summed E-state index contributed by atoms with van der Waals surface area (Å²) in [5, 5.41) is 1.52. The summed E-state index contributed by atoms with van der Waals surface area (Å²) in [5.74, 6) is 0.306. The van der Waals surface area contributed by atoms with Gasteiger partial charge in [-0.3, -0.25) is 0 Å². The monoisotopic (exact) mass is 308 g/mol. The second-order valence-electron chi connectivity index (χ2n) is 4.33. The number of para-hydroxylation sites is 1. The molecule has 3 nitrogen and oxygen atoms in total. The third-order valence-electron chi connectivity index (χ3n) is 2.97. The molecule has 0 aliphatic carbocycles. The Balaban J connectivity index is 0.00000161. The molecular formula is C16H13NaO3S. The summed E-state index contributed by atoms with van der Waals surface area (Å²) in [7, 11) is -3.84. The van der Waals surface area contributed by atoms with E-state index in [2.05, 4.69) is 0 Å². The molecule has 0 atom stereocenters. The Morgan fingerprint density at radius 3 is 2.10 bits per heavy atom. The van der Waals surface area contributed by atoms with Crippen LogP contribution in [-0.2, 0) is 10.1 Å². The molecule has 0 aromatic heterocycles. The van der Waals surface area contributed by atoms with Crippen LogP contribution < -0.4 is 4.18 Å². The summed E-state index contributed by atoms with van der Waals surface area (Å²) < 4.78 is 30.0. The van der Waals surface area contributed by atoms with Crippen molar-refractivity contribution < 1.29 is 12.6 Å². The van der Waals surface area contributed by atoms with Crippen molar-refractivity contribution in [1.82, 2.24) is 0 Å². The van der Waals surface area contributed by atoms with E-state index in [0.29, 0.717) is 11.1 Å².